The van der Waals surface area contributed by atoms with Crippen molar-refractivity contribution in [3.05, 3.63) is 70.1 Å². The van der Waals surface area contributed by atoms with Crippen molar-refractivity contribution in [2.45, 2.75) is 37.9 Å². The third kappa shape index (κ3) is 6.17. The Bertz CT molecular complexity index is 1240. The summed E-state index contributed by atoms with van der Waals surface area (Å²) < 4.78 is 58.5. The zero-order valence-corrected chi connectivity index (χ0v) is 20.3. The number of aliphatic hydroxyl groups is 1. The van der Waals surface area contributed by atoms with E-state index in [1.807, 2.05) is 0 Å². The number of fused-ring (bicyclic) bond motifs is 1. The summed E-state index contributed by atoms with van der Waals surface area (Å²) in [6, 6.07) is 9.26. The van der Waals surface area contributed by atoms with Crippen LogP contribution in [-0.4, -0.2) is 40.9 Å². The van der Waals surface area contributed by atoms with Crippen LogP contribution in [0.25, 0.3) is 10.9 Å². The van der Waals surface area contributed by atoms with Crippen LogP contribution >= 0.6 is 11.6 Å². The van der Waals surface area contributed by atoms with Crippen molar-refractivity contribution in [1.29, 1.82) is 0 Å². The van der Waals surface area contributed by atoms with Crippen molar-refractivity contribution < 1.29 is 37.0 Å². The number of ether oxygens (including phenoxy) is 1. The first kappa shape index (κ1) is 27.5. The molecule has 1 amide bonds. The molecule has 0 radical (unpaired) electrons. The lowest BCUT2D eigenvalue weighted by molar-refractivity contribution is -0.149. The van der Waals surface area contributed by atoms with Crippen molar-refractivity contribution in [2.24, 2.45) is 7.05 Å². The molecule has 11 heteroatoms. The Morgan fingerprint density at radius 1 is 1.14 bits per heavy atom. The predicted molar refractivity (Wildman–Crippen MR) is 126 cm³/mol. The number of nitrogens with one attached hydrogen (secondary N) is 1. The largest absolute Gasteiger partial charge is 0.466 e. The van der Waals surface area contributed by atoms with Gasteiger partial charge in [0.25, 0.3) is 5.91 Å². The highest BCUT2D eigenvalue weighted by molar-refractivity contribution is 6.35. The summed E-state index contributed by atoms with van der Waals surface area (Å²) in [4.78, 5) is 25.2. The van der Waals surface area contributed by atoms with Crippen molar-refractivity contribution in [3.63, 3.8) is 0 Å². The molecule has 0 saturated carbocycles. The summed E-state index contributed by atoms with van der Waals surface area (Å²) in [5.41, 5.74) is 1.52. The maximum atomic E-state index is 13.8. The van der Waals surface area contributed by atoms with E-state index in [-0.39, 0.29) is 17.3 Å². The maximum Gasteiger partial charge on any atom is 0.389 e. The van der Waals surface area contributed by atoms with Crippen LogP contribution in [0.2, 0.25) is 5.02 Å². The average Bonchev–Trinajstić information content (AvgIpc) is 3.17. The molecule has 0 saturated heterocycles. The highest BCUT2D eigenvalue weighted by atomic mass is 35.5. The molecule has 194 valence electrons. The number of aromatic nitrogens is 1. The molecule has 6 nitrogen and oxygen atoms in total. The van der Waals surface area contributed by atoms with E-state index in [0.29, 0.717) is 22.0 Å². The number of rotatable bonds is 9. The minimum absolute atomic E-state index is 0.0318. The molecular weight excluding hydrogens is 504 g/mol. The lowest BCUT2D eigenvalue weighted by Crippen LogP contribution is -2.32. The second-order valence-corrected chi connectivity index (χ2v) is 8.59. The topological polar surface area (TPSA) is 80.6 Å². The monoisotopic (exact) mass is 528 g/mol. The van der Waals surface area contributed by atoms with Crippen molar-refractivity contribution >= 4 is 34.4 Å². The smallest absolute Gasteiger partial charge is 0.389 e. The summed E-state index contributed by atoms with van der Waals surface area (Å²) in [6.45, 7) is 1.13. The van der Waals surface area contributed by atoms with Crippen molar-refractivity contribution in [1.82, 2.24) is 9.88 Å². The van der Waals surface area contributed by atoms with Crippen LogP contribution in [-0.2, 0) is 16.6 Å². The van der Waals surface area contributed by atoms with Gasteiger partial charge in [0.15, 0.2) is 0 Å². The Balaban J connectivity index is 1.81. The zero-order valence-electron chi connectivity index (χ0n) is 19.5. The molecule has 36 heavy (non-hydrogen) atoms. The molecule has 0 bridgehead atoms. The van der Waals surface area contributed by atoms with Crippen LogP contribution in [0, 0.1) is 5.82 Å². The lowest BCUT2D eigenvalue weighted by atomic mass is 9.92. The van der Waals surface area contributed by atoms with Crippen LogP contribution in [0.1, 0.15) is 53.3 Å². The van der Waals surface area contributed by atoms with Gasteiger partial charge in [-0.25, -0.2) is 4.39 Å². The number of hydrogen-bond acceptors (Lipinski definition) is 4. The Labute approximate surface area is 209 Å². The minimum atomic E-state index is -4.42. The van der Waals surface area contributed by atoms with E-state index in [4.69, 9.17) is 16.3 Å². The van der Waals surface area contributed by atoms with Crippen molar-refractivity contribution in [2.75, 3.05) is 13.2 Å². The number of aryl methyl sites for hydroxylation is 1. The van der Waals surface area contributed by atoms with E-state index < -0.39 is 55.3 Å². The Morgan fingerprint density at radius 3 is 2.36 bits per heavy atom. The van der Waals surface area contributed by atoms with E-state index in [9.17, 15) is 32.3 Å². The van der Waals surface area contributed by atoms with E-state index >= 15 is 0 Å². The van der Waals surface area contributed by atoms with Crippen LogP contribution in [0.4, 0.5) is 17.6 Å². The van der Waals surface area contributed by atoms with E-state index in [1.54, 1.807) is 14.0 Å². The second kappa shape index (κ2) is 11.3. The first-order valence-electron chi connectivity index (χ1n) is 11.1. The Morgan fingerprint density at radius 2 is 1.78 bits per heavy atom. The number of aliphatic hydroxyl groups excluding tert-OH is 1. The van der Waals surface area contributed by atoms with Gasteiger partial charge < -0.3 is 19.7 Å². The number of halogens is 5. The van der Waals surface area contributed by atoms with Gasteiger partial charge in [0.1, 0.15) is 11.5 Å². The summed E-state index contributed by atoms with van der Waals surface area (Å²) in [5.74, 6) is -3.04. The van der Waals surface area contributed by atoms with Crippen LogP contribution < -0.4 is 5.32 Å². The van der Waals surface area contributed by atoms with Gasteiger partial charge in [0.05, 0.1) is 35.7 Å². The van der Waals surface area contributed by atoms with Crippen LogP contribution in [0.15, 0.2) is 42.5 Å². The molecule has 2 atom stereocenters. The number of carbonyl (C=O) groups excluding carboxylic acids is 2. The average molecular weight is 529 g/mol. The van der Waals surface area contributed by atoms with Gasteiger partial charge in [0.2, 0.25) is 0 Å². The number of carbonyl (C=O) groups is 2. The highest BCUT2D eigenvalue weighted by Crippen LogP contribution is 2.31. The number of esters is 1. The standard InChI is InChI=1S/C25H25ClF4N2O4/c1-3-36-24(35)16(10-11-25(28,29)30)14-4-6-15(7-5-14)19(13-33)31-23(34)21-12-17-20(32(21)2)9-8-18(27)22(17)26/h4-9,12,16,19,33H,3,10-11,13H2,1-2H3,(H,31,34)/t16?,19-/m1/s1. The summed E-state index contributed by atoms with van der Waals surface area (Å²) in [6.07, 6.45) is -6.03. The first-order chi connectivity index (χ1) is 17.0. The predicted octanol–water partition coefficient (Wildman–Crippen LogP) is 5.42. The molecule has 0 spiro atoms. The van der Waals surface area contributed by atoms with E-state index in [0.717, 1.165) is 0 Å². The SMILES string of the molecule is CCOC(=O)C(CCC(F)(F)F)c1ccc([C@@H](CO)NC(=O)c2cc3c(Cl)c(F)ccc3n2C)cc1. The molecule has 2 aromatic carbocycles. The fourth-order valence-corrected chi connectivity index (χ4v) is 4.18. The van der Waals surface area contributed by atoms with Gasteiger partial charge in [-0.2, -0.15) is 13.2 Å². The Kier molecular flexibility index (Phi) is 8.63. The minimum Gasteiger partial charge on any atom is -0.466 e. The molecule has 0 aliphatic carbocycles. The molecule has 0 aliphatic heterocycles. The number of nitrogens with zero attached hydrogens (tertiary/aromatic N) is 1. The molecular formula is C25H25ClF4N2O4. The highest BCUT2D eigenvalue weighted by Gasteiger charge is 2.32. The first-order valence-corrected chi connectivity index (χ1v) is 11.5. The summed E-state index contributed by atoms with van der Waals surface area (Å²) in [7, 11) is 1.62. The molecule has 1 heterocycles. The van der Waals surface area contributed by atoms with Gasteiger partial charge in [-0.1, -0.05) is 35.9 Å². The number of benzene rings is 2. The van der Waals surface area contributed by atoms with E-state index in [2.05, 4.69) is 5.32 Å². The quantitative estimate of drug-likeness (QED) is 0.287. The number of amides is 1. The summed E-state index contributed by atoms with van der Waals surface area (Å²) >= 11 is 6.02. The Hall–Kier alpha value is -3.11. The summed E-state index contributed by atoms with van der Waals surface area (Å²) in [5, 5.41) is 12.8. The maximum absolute atomic E-state index is 13.8. The lowest BCUT2D eigenvalue weighted by Gasteiger charge is -2.20. The fraction of sp³-hybridized carbons (Fsp3) is 0.360. The van der Waals surface area contributed by atoms with Gasteiger partial charge in [0, 0.05) is 18.9 Å². The van der Waals surface area contributed by atoms with Gasteiger partial charge in [-0.05, 0) is 42.7 Å². The fourth-order valence-electron chi connectivity index (χ4n) is 3.97. The van der Waals surface area contributed by atoms with Gasteiger partial charge in [-0.15, -0.1) is 0 Å². The molecule has 0 fully saturated rings. The normalized spacial score (nSPS) is 13.4. The van der Waals surface area contributed by atoms with Gasteiger partial charge in [-0.3, -0.25) is 9.59 Å². The van der Waals surface area contributed by atoms with Crippen molar-refractivity contribution in [3.8, 4) is 0 Å². The third-order valence-corrected chi connectivity index (χ3v) is 6.25. The molecule has 1 unspecified atom stereocenters. The molecule has 3 aromatic rings. The second-order valence-electron chi connectivity index (χ2n) is 8.22. The number of alkyl halides is 3. The molecule has 1 aromatic heterocycles. The number of hydrogen-bond donors (Lipinski definition) is 2. The van der Waals surface area contributed by atoms with Gasteiger partial charge >= 0.3 is 12.1 Å². The molecule has 0 aliphatic rings. The molecule has 2 N–H and O–H groups in total. The van der Waals surface area contributed by atoms with Crippen LogP contribution in [0.3, 0.4) is 0 Å². The van der Waals surface area contributed by atoms with E-state index in [1.165, 1.54) is 47.0 Å². The third-order valence-electron chi connectivity index (χ3n) is 5.86. The molecule has 3 rings (SSSR count). The van der Waals surface area contributed by atoms with Crippen LogP contribution in [0.5, 0.6) is 0 Å². The zero-order chi connectivity index (χ0) is 26.6.